The normalized spacial score (nSPS) is 9.50. The van der Waals surface area contributed by atoms with Crippen LogP contribution in [0.3, 0.4) is 0 Å². The molecule has 0 atom stereocenters. The maximum Gasteiger partial charge on any atom is 0.336 e. The third-order valence-corrected chi connectivity index (χ3v) is 2.00. The molecule has 4 heteroatoms. The molecule has 0 amide bonds. The molecule has 1 N–H and O–H groups in total. The van der Waals surface area contributed by atoms with Crippen LogP contribution in [0.15, 0.2) is 24.3 Å². The van der Waals surface area contributed by atoms with Crippen LogP contribution in [0.4, 0.5) is 5.69 Å². The summed E-state index contributed by atoms with van der Waals surface area (Å²) in [6.45, 7) is 7.21. The highest BCUT2D eigenvalue weighted by Crippen LogP contribution is 2.14. The second-order valence-electron chi connectivity index (χ2n) is 3.23. The lowest BCUT2D eigenvalue weighted by Gasteiger charge is -2.04. The first-order valence-corrected chi connectivity index (χ1v) is 5.03. The maximum absolute atomic E-state index is 11.5. The van der Waals surface area contributed by atoms with Gasteiger partial charge in [0.15, 0.2) is 5.69 Å². The summed E-state index contributed by atoms with van der Waals surface area (Å²) in [5.41, 5.74) is 0.808. The third-order valence-electron chi connectivity index (χ3n) is 2.00. The molecule has 0 fully saturated rings. The zero-order valence-corrected chi connectivity index (χ0v) is 8.85. The summed E-state index contributed by atoms with van der Waals surface area (Å²) >= 11 is 0. The van der Waals surface area contributed by atoms with Crippen molar-refractivity contribution in [3.05, 3.63) is 41.2 Å². The van der Waals surface area contributed by atoms with E-state index in [1.165, 1.54) is 6.07 Å². The van der Waals surface area contributed by atoms with Crippen LogP contribution < -0.4 is 0 Å². The van der Waals surface area contributed by atoms with E-state index in [0.29, 0.717) is 30.7 Å². The fourth-order valence-electron chi connectivity index (χ4n) is 1.16. The Morgan fingerprint density at radius 3 is 2.94 bits per heavy atom. The summed E-state index contributed by atoms with van der Waals surface area (Å²) in [5, 5.41) is 8.54. The first-order chi connectivity index (χ1) is 7.77. The average Bonchev–Trinajstić information content (AvgIpc) is 2.34. The van der Waals surface area contributed by atoms with Crippen LogP contribution in [0.1, 0.15) is 23.2 Å². The number of aliphatic hydroxyl groups is 1. The highest BCUT2D eigenvalue weighted by Gasteiger charge is 2.06. The van der Waals surface area contributed by atoms with E-state index in [0.717, 1.165) is 0 Å². The number of benzene rings is 1. The fraction of sp³-hybridized carbons (Fsp3) is 0.333. The number of unbranched alkanes of at least 4 members (excludes halogenated alkanes) is 1. The molecular weight excluding hydrogens is 206 g/mol. The Bertz CT molecular complexity index is 395. The zero-order valence-electron chi connectivity index (χ0n) is 8.85. The van der Waals surface area contributed by atoms with E-state index in [9.17, 15) is 4.79 Å². The quantitative estimate of drug-likeness (QED) is 0.469. The van der Waals surface area contributed by atoms with Gasteiger partial charge in [0.05, 0.1) is 13.2 Å². The van der Waals surface area contributed by atoms with Gasteiger partial charge in [-0.05, 0) is 18.9 Å². The molecule has 0 spiro atoms. The molecule has 1 aromatic carbocycles. The number of ether oxygens (including phenoxy) is 1. The number of esters is 1. The van der Waals surface area contributed by atoms with Gasteiger partial charge in [-0.15, -0.1) is 0 Å². The van der Waals surface area contributed by atoms with Gasteiger partial charge in [0, 0.05) is 12.2 Å². The second-order valence-corrected chi connectivity index (χ2v) is 3.23. The lowest BCUT2D eigenvalue weighted by molar-refractivity contribution is 0.0492. The second kappa shape index (κ2) is 6.59. The van der Waals surface area contributed by atoms with E-state index >= 15 is 0 Å². The summed E-state index contributed by atoms with van der Waals surface area (Å²) in [6, 6.07) is 6.40. The van der Waals surface area contributed by atoms with Crippen LogP contribution in [-0.4, -0.2) is 24.3 Å². The predicted octanol–water partition coefficient (Wildman–Crippen LogP) is 2.17. The van der Waals surface area contributed by atoms with Gasteiger partial charge in [0.1, 0.15) is 0 Å². The summed E-state index contributed by atoms with van der Waals surface area (Å²) in [6.07, 6.45) is 1.26. The molecule has 1 aromatic rings. The van der Waals surface area contributed by atoms with E-state index in [-0.39, 0.29) is 6.61 Å². The van der Waals surface area contributed by atoms with Crippen LogP contribution in [0, 0.1) is 6.57 Å². The molecule has 0 bridgehead atoms. The standard InChI is InChI=1S/C12H13NO3/c1-13-11-6-4-5-10(9-11)12(15)16-8-3-2-7-14/h4-6,9,14H,2-3,7-8H2. The number of hydrogen-bond acceptors (Lipinski definition) is 3. The lowest BCUT2D eigenvalue weighted by Crippen LogP contribution is -2.06. The topological polar surface area (TPSA) is 50.9 Å². The minimum atomic E-state index is -0.427. The molecule has 0 aliphatic heterocycles. The highest BCUT2D eigenvalue weighted by molar-refractivity contribution is 5.90. The Morgan fingerprint density at radius 2 is 2.25 bits per heavy atom. The van der Waals surface area contributed by atoms with Gasteiger partial charge in [-0.3, -0.25) is 0 Å². The van der Waals surface area contributed by atoms with Gasteiger partial charge in [0.25, 0.3) is 0 Å². The molecule has 0 unspecified atom stereocenters. The van der Waals surface area contributed by atoms with Crippen LogP contribution in [0.2, 0.25) is 0 Å². The molecule has 1 rings (SSSR count). The molecular formula is C12H13NO3. The number of carbonyl (C=O) groups excluding carboxylic acids is 1. The number of aliphatic hydroxyl groups excluding tert-OH is 1. The molecule has 16 heavy (non-hydrogen) atoms. The summed E-state index contributed by atoms with van der Waals surface area (Å²) in [7, 11) is 0. The van der Waals surface area contributed by atoms with Gasteiger partial charge in [-0.25, -0.2) is 9.64 Å². The van der Waals surface area contributed by atoms with Crippen LogP contribution >= 0.6 is 0 Å². The molecule has 0 radical (unpaired) electrons. The van der Waals surface area contributed by atoms with Crippen molar-refractivity contribution in [1.29, 1.82) is 0 Å². The average molecular weight is 219 g/mol. The minimum Gasteiger partial charge on any atom is -0.462 e. The predicted molar refractivity (Wildman–Crippen MR) is 59.3 cm³/mol. The van der Waals surface area contributed by atoms with Crippen molar-refractivity contribution >= 4 is 11.7 Å². The Hall–Kier alpha value is -1.86. The van der Waals surface area contributed by atoms with Gasteiger partial charge in [0.2, 0.25) is 0 Å². The van der Waals surface area contributed by atoms with Crippen LogP contribution in [-0.2, 0) is 4.74 Å². The molecule has 84 valence electrons. The first-order valence-electron chi connectivity index (χ1n) is 5.03. The van der Waals surface area contributed by atoms with Crippen molar-refractivity contribution < 1.29 is 14.6 Å². The van der Waals surface area contributed by atoms with E-state index in [2.05, 4.69) is 4.85 Å². The summed E-state index contributed by atoms with van der Waals surface area (Å²) in [4.78, 5) is 14.7. The van der Waals surface area contributed by atoms with Gasteiger partial charge in [-0.1, -0.05) is 18.2 Å². The van der Waals surface area contributed by atoms with Gasteiger partial charge < -0.3 is 9.84 Å². The van der Waals surface area contributed by atoms with Crippen molar-refractivity contribution in [3.8, 4) is 0 Å². The Morgan fingerprint density at radius 1 is 1.44 bits per heavy atom. The molecule has 0 aliphatic rings. The van der Waals surface area contributed by atoms with E-state index < -0.39 is 5.97 Å². The first kappa shape index (κ1) is 12.2. The zero-order chi connectivity index (χ0) is 11.8. The minimum absolute atomic E-state index is 0.102. The van der Waals surface area contributed by atoms with Crippen LogP contribution in [0.5, 0.6) is 0 Å². The maximum atomic E-state index is 11.5. The Balaban J connectivity index is 2.50. The third kappa shape index (κ3) is 3.71. The van der Waals surface area contributed by atoms with Crippen molar-refractivity contribution in [1.82, 2.24) is 0 Å². The largest absolute Gasteiger partial charge is 0.462 e. The van der Waals surface area contributed by atoms with Crippen molar-refractivity contribution in [2.45, 2.75) is 12.8 Å². The molecule has 0 saturated carbocycles. The summed E-state index contributed by atoms with van der Waals surface area (Å²) in [5.74, 6) is -0.427. The molecule has 0 heterocycles. The monoisotopic (exact) mass is 219 g/mol. The number of rotatable bonds is 5. The smallest absolute Gasteiger partial charge is 0.336 e. The van der Waals surface area contributed by atoms with Gasteiger partial charge in [-0.2, -0.15) is 0 Å². The summed E-state index contributed by atoms with van der Waals surface area (Å²) < 4.78 is 4.98. The van der Waals surface area contributed by atoms with E-state index in [1.807, 2.05) is 0 Å². The SMILES string of the molecule is [C-]#[N+]c1cccc(C(=O)OCCCCO)c1. The Kier molecular flexibility index (Phi) is 5.03. The number of nitrogens with zero attached hydrogens (tertiary/aromatic N) is 1. The lowest BCUT2D eigenvalue weighted by atomic mass is 10.2. The van der Waals surface area contributed by atoms with E-state index in [1.54, 1.807) is 18.2 Å². The van der Waals surface area contributed by atoms with Crippen molar-refractivity contribution in [2.75, 3.05) is 13.2 Å². The number of hydrogen-bond donors (Lipinski definition) is 1. The van der Waals surface area contributed by atoms with Crippen LogP contribution in [0.25, 0.3) is 4.85 Å². The Labute approximate surface area is 94.3 Å². The fourth-order valence-corrected chi connectivity index (χ4v) is 1.16. The molecule has 0 saturated heterocycles. The van der Waals surface area contributed by atoms with Crippen molar-refractivity contribution in [2.24, 2.45) is 0 Å². The molecule has 4 nitrogen and oxygen atoms in total. The van der Waals surface area contributed by atoms with Gasteiger partial charge >= 0.3 is 5.97 Å². The highest BCUT2D eigenvalue weighted by atomic mass is 16.5. The molecule has 0 aliphatic carbocycles. The molecule has 0 aromatic heterocycles. The van der Waals surface area contributed by atoms with E-state index in [4.69, 9.17) is 16.4 Å². The van der Waals surface area contributed by atoms with Crippen molar-refractivity contribution in [3.63, 3.8) is 0 Å². The number of carbonyl (C=O) groups is 1.